The van der Waals surface area contributed by atoms with Crippen molar-refractivity contribution in [3.05, 3.63) is 63.1 Å². The molecule has 0 aliphatic heterocycles. The molecule has 9 heteroatoms. The van der Waals surface area contributed by atoms with Crippen LogP contribution >= 0.6 is 23.2 Å². The Kier molecular flexibility index (Phi) is 5.53. The van der Waals surface area contributed by atoms with E-state index >= 15 is 0 Å². The van der Waals surface area contributed by atoms with Crippen molar-refractivity contribution < 1.29 is 18.7 Å². The van der Waals surface area contributed by atoms with Crippen molar-refractivity contribution in [3.8, 4) is 0 Å². The Hall–Kier alpha value is -2.77. The van der Waals surface area contributed by atoms with E-state index in [2.05, 4.69) is 5.32 Å². The molecule has 3 rings (SSSR count). The van der Waals surface area contributed by atoms with Crippen molar-refractivity contribution in [1.29, 1.82) is 0 Å². The molecule has 7 nitrogen and oxygen atoms in total. The fourth-order valence-electron chi connectivity index (χ4n) is 2.45. The number of halogens is 2. The molecule has 3 aromatic rings. The molecule has 0 saturated carbocycles. The van der Waals surface area contributed by atoms with Crippen LogP contribution in [-0.2, 0) is 20.9 Å². The van der Waals surface area contributed by atoms with Gasteiger partial charge in [0.25, 0.3) is 5.91 Å². The first-order chi connectivity index (χ1) is 12.8. The average molecular weight is 409 g/mol. The topological polar surface area (TPSA) is 90.5 Å². The summed E-state index contributed by atoms with van der Waals surface area (Å²) in [5.41, 5.74) is 1.20. The van der Waals surface area contributed by atoms with Crippen LogP contribution < -0.4 is 11.1 Å². The van der Waals surface area contributed by atoms with Gasteiger partial charge in [0, 0.05) is 15.7 Å². The largest absolute Gasteiger partial charge is 0.451 e. The second-order valence-electron chi connectivity index (χ2n) is 5.70. The molecule has 0 spiro atoms. The number of anilines is 1. The number of esters is 1. The molecule has 0 bridgehead atoms. The molecule has 1 N–H and O–H groups in total. The van der Waals surface area contributed by atoms with E-state index < -0.39 is 23.7 Å². The highest BCUT2D eigenvalue weighted by Gasteiger charge is 2.20. The Labute approximate surface area is 163 Å². The Morgan fingerprint density at radius 2 is 1.85 bits per heavy atom. The maximum absolute atomic E-state index is 12.2. The first-order valence-electron chi connectivity index (χ1n) is 7.88. The molecule has 2 aromatic carbocycles. The number of nitrogens with one attached hydrogen (secondary N) is 1. The maximum Gasteiger partial charge on any atom is 0.420 e. The van der Waals surface area contributed by atoms with Crippen LogP contribution in [0.1, 0.15) is 6.92 Å². The van der Waals surface area contributed by atoms with Crippen molar-refractivity contribution in [2.45, 2.75) is 19.6 Å². The van der Waals surface area contributed by atoms with Crippen molar-refractivity contribution >= 4 is 51.9 Å². The van der Waals surface area contributed by atoms with Gasteiger partial charge in [-0.25, -0.2) is 4.79 Å². The van der Waals surface area contributed by atoms with Gasteiger partial charge in [-0.3, -0.25) is 14.2 Å². The zero-order chi connectivity index (χ0) is 19.6. The lowest BCUT2D eigenvalue weighted by Gasteiger charge is -2.14. The number of hydrogen-bond donors (Lipinski definition) is 1. The van der Waals surface area contributed by atoms with Crippen molar-refractivity contribution in [2.24, 2.45) is 0 Å². The molecule has 1 amide bonds. The van der Waals surface area contributed by atoms with Gasteiger partial charge < -0.3 is 14.5 Å². The van der Waals surface area contributed by atoms with Gasteiger partial charge in [-0.1, -0.05) is 35.3 Å². The third-order valence-corrected chi connectivity index (χ3v) is 4.10. The predicted molar refractivity (Wildman–Crippen MR) is 101 cm³/mol. The number of hydrogen-bond acceptors (Lipinski definition) is 5. The van der Waals surface area contributed by atoms with Crippen LogP contribution in [0.5, 0.6) is 0 Å². The Morgan fingerprint density at radius 1 is 1.19 bits per heavy atom. The second kappa shape index (κ2) is 7.85. The van der Waals surface area contributed by atoms with Gasteiger partial charge in [0.1, 0.15) is 6.54 Å². The summed E-state index contributed by atoms with van der Waals surface area (Å²) in [6, 6.07) is 11.2. The van der Waals surface area contributed by atoms with E-state index in [0.29, 0.717) is 26.8 Å². The lowest BCUT2D eigenvalue weighted by molar-refractivity contribution is -0.153. The highest BCUT2D eigenvalue weighted by molar-refractivity contribution is 6.35. The summed E-state index contributed by atoms with van der Waals surface area (Å²) in [5, 5.41) is 3.27. The minimum absolute atomic E-state index is 0.355. The van der Waals surface area contributed by atoms with Crippen molar-refractivity contribution in [1.82, 2.24) is 4.57 Å². The summed E-state index contributed by atoms with van der Waals surface area (Å²) in [5.74, 6) is -2.00. The van der Waals surface area contributed by atoms with E-state index in [0.717, 1.165) is 4.57 Å². The monoisotopic (exact) mass is 408 g/mol. The fourth-order valence-corrected chi connectivity index (χ4v) is 2.98. The zero-order valence-corrected chi connectivity index (χ0v) is 15.6. The quantitative estimate of drug-likeness (QED) is 0.652. The lowest BCUT2D eigenvalue weighted by Crippen LogP contribution is -2.32. The van der Waals surface area contributed by atoms with Gasteiger partial charge >= 0.3 is 11.7 Å². The van der Waals surface area contributed by atoms with Crippen LogP contribution in [-0.4, -0.2) is 22.5 Å². The number of amides is 1. The summed E-state index contributed by atoms with van der Waals surface area (Å²) in [4.78, 5) is 36.2. The van der Waals surface area contributed by atoms with Crippen molar-refractivity contribution in [3.63, 3.8) is 0 Å². The van der Waals surface area contributed by atoms with Gasteiger partial charge in [0.2, 0.25) is 0 Å². The molecule has 0 saturated heterocycles. The summed E-state index contributed by atoms with van der Waals surface area (Å²) >= 11 is 11.8. The van der Waals surface area contributed by atoms with Gasteiger partial charge in [0.15, 0.2) is 11.7 Å². The van der Waals surface area contributed by atoms with Gasteiger partial charge in [0.05, 0.1) is 5.52 Å². The number of oxazole rings is 1. The predicted octanol–water partition coefficient (Wildman–Crippen LogP) is 3.47. The number of para-hydroxylation sites is 2. The lowest BCUT2D eigenvalue weighted by atomic mass is 10.3. The highest BCUT2D eigenvalue weighted by atomic mass is 35.5. The van der Waals surface area contributed by atoms with E-state index in [9.17, 15) is 14.4 Å². The number of aromatic nitrogens is 1. The zero-order valence-electron chi connectivity index (χ0n) is 14.1. The smallest absolute Gasteiger partial charge is 0.420 e. The van der Waals surface area contributed by atoms with Crippen LogP contribution in [0.3, 0.4) is 0 Å². The number of carbonyl (C=O) groups is 2. The van der Waals surface area contributed by atoms with Gasteiger partial charge in [-0.15, -0.1) is 0 Å². The molecule has 0 aliphatic carbocycles. The summed E-state index contributed by atoms with van der Waals surface area (Å²) in [7, 11) is 0. The van der Waals surface area contributed by atoms with Gasteiger partial charge in [-0.05, 0) is 37.3 Å². The molecule has 0 aliphatic rings. The number of nitrogens with zero attached hydrogens (tertiary/aromatic N) is 1. The number of carbonyl (C=O) groups excluding carboxylic acids is 2. The number of ether oxygens (including phenoxy) is 1. The molecular formula is C18H14Cl2N2O5. The first-order valence-corrected chi connectivity index (χ1v) is 8.64. The molecule has 140 valence electrons. The van der Waals surface area contributed by atoms with Crippen LogP contribution in [0.4, 0.5) is 5.69 Å². The van der Waals surface area contributed by atoms with E-state index in [4.69, 9.17) is 32.4 Å². The summed E-state index contributed by atoms with van der Waals surface area (Å²) < 4.78 is 11.3. The molecule has 0 radical (unpaired) electrons. The standard InChI is InChI=1S/C18H14Cl2N2O5/c1-10(17(24)21-13-7-11(19)6-12(20)8-13)26-16(23)9-22-14-4-2-3-5-15(14)27-18(22)25/h2-8,10H,9H2,1H3,(H,21,24). The third-order valence-electron chi connectivity index (χ3n) is 3.67. The maximum atomic E-state index is 12.2. The van der Waals surface area contributed by atoms with E-state index in [1.54, 1.807) is 24.3 Å². The van der Waals surface area contributed by atoms with E-state index in [-0.39, 0.29) is 6.54 Å². The number of fused-ring (bicyclic) bond motifs is 1. The molecule has 1 aromatic heterocycles. The highest BCUT2D eigenvalue weighted by Crippen LogP contribution is 2.22. The summed E-state index contributed by atoms with van der Waals surface area (Å²) in [6.07, 6.45) is -1.09. The fraction of sp³-hybridized carbons (Fsp3) is 0.167. The summed E-state index contributed by atoms with van der Waals surface area (Å²) in [6.45, 7) is 1.03. The minimum Gasteiger partial charge on any atom is -0.451 e. The molecule has 0 fully saturated rings. The Morgan fingerprint density at radius 3 is 2.56 bits per heavy atom. The average Bonchev–Trinajstić information content (AvgIpc) is 2.89. The minimum atomic E-state index is -1.09. The molecule has 27 heavy (non-hydrogen) atoms. The van der Waals surface area contributed by atoms with Crippen LogP contribution in [0, 0.1) is 0 Å². The van der Waals surface area contributed by atoms with E-state index in [1.165, 1.54) is 25.1 Å². The SMILES string of the molecule is CC(OC(=O)Cn1c(=O)oc2ccccc21)C(=O)Nc1cc(Cl)cc(Cl)c1. The first kappa shape index (κ1) is 19.0. The molecule has 1 heterocycles. The van der Waals surface area contributed by atoms with Crippen molar-refractivity contribution in [2.75, 3.05) is 5.32 Å². The second-order valence-corrected chi connectivity index (χ2v) is 6.57. The van der Waals surface area contributed by atoms with E-state index in [1.807, 2.05) is 0 Å². The number of rotatable bonds is 5. The van der Waals surface area contributed by atoms with Crippen LogP contribution in [0.2, 0.25) is 10.0 Å². The normalized spacial score (nSPS) is 12.0. The Bertz CT molecular complexity index is 1050. The van der Waals surface area contributed by atoms with Gasteiger partial charge in [-0.2, -0.15) is 0 Å². The van der Waals surface area contributed by atoms with Crippen LogP contribution in [0.25, 0.3) is 11.1 Å². The molecule has 1 unspecified atom stereocenters. The third kappa shape index (κ3) is 4.50. The Balaban J connectivity index is 1.65. The van der Waals surface area contributed by atoms with Crippen LogP contribution in [0.15, 0.2) is 51.7 Å². The molecule has 1 atom stereocenters. The number of benzene rings is 2. The molecular weight excluding hydrogens is 395 g/mol.